The Morgan fingerprint density at radius 1 is 1.02 bits per heavy atom. The maximum atomic E-state index is 13.7. The Morgan fingerprint density at radius 3 is 2.58 bits per heavy atom. The molecule has 6 rings (SSSR count). The van der Waals surface area contributed by atoms with E-state index >= 15 is 0 Å². The van der Waals surface area contributed by atoms with Crippen molar-refractivity contribution in [3.63, 3.8) is 0 Å². The Hall–Kier alpha value is -3.88. The number of nitrogens with zero attached hydrogens (tertiary/aromatic N) is 2. The van der Waals surface area contributed by atoms with E-state index < -0.39 is 28.3 Å². The molecule has 2 amide bonds. The predicted molar refractivity (Wildman–Crippen MR) is 165 cm³/mol. The second kappa shape index (κ2) is 13.2. The summed E-state index contributed by atoms with van der Waals surface area (Å²) in [5.74, 6) is -0.138. The van der Waals surface area contributed by atoms with Crippen LogP contribution in [0, 0.1) is 0 Å². The van der Waals surface area contributed by atoms with Gasteiger partial charge in [-0.05, 0) is 66.8 Å². The number of rotatable bonds is 4. The molecule has 45 heavy (non-hydrogen) atoms. The third-order valence-corrected chi connectivity index (χ3v) is 9.56. The number of fused-ring (bicyclic) bond motifs is 5. The number of amides is 2. The smallest absolute Gasteiger partial charge is 0.255 e. The van der Waals surface area contributed by atoms with Crippen LogP contribution in [0.1, 0.15) is 41.7 Å². The first kappa shape index (κ1) is 31.1. The van der Waals surface area contributed by atoms with Crippen LogP contribution in [-0.2, 0) is 26.1 Å². The quantitative estimate of drug-likeness (QED) is 0.332. The van der Waals surface area contributed by atoms with Crippen LogP contribution in [0.25, 0.3) is 11.1 Å². The number of carbonyl (C=O) groups is 2. The molecule has 1 aromatic heterocycles. The SMILES string of the molecule is NS(=O)(=O)c1ccc(-c2ccc3c(c2)OCC[C@@H]2CC[C@H](O)[C@@H](CNC(=O)[C@@H]4C[C@@H](CN4Cc4ccccn4)NC3=O)O2)cc1. The molecule has 12 nitrogen and oxygen atoms in total. The van der Waals surface area contributed by atoms with E-state index in [2.05, 4.69) is 15.6 Å². The van der Waals surface area contributed by atoms with Crippen molar-refractivity contribution in [2.45, 2.75) is 67.5 Å². The molecule has 0 aliphatic carbocycles. The lowest BCUT2D eigenvalue weighted by Gasteiger charge is -2.34. The highest BCUT2D eigenvalue weighted by Crippen LogP contribution is 2.30. The number of carbonyl (C=O) groups excluding carboxylic acids is 2. The fourth-order valence-electron chi connectivity index (χ4n) is 6.23. The number of nitrogens with two attached hydrogens (primary N) is 1. The lowest BCUT2D eigenvalue weighted by Crippen LogP contribution is -2.50. The molecule has 13 heteroatoms. The van der Waals surface area contributed by atoms with E-state index in [0.717, 1.165) is 16.8 Å². The standard InChI is InChI=1S/C32H37N5O7S/c33-45(41,42)25-8-4-20(5-9-25)21-6-10-26-29(15-21)43-14-12-24-7-11-28(38)30(44-24)17-35-32(40)27-16-23(36-31(26)39)19-37(27)18-22-3-1-2-13-34-22/h1-6,8-10,13,15,23-24,27-28,30,38H,7,11-12,14,16-19H2,(H,35,40)(H,36,39)(H2,33,41,42)/t23-,24-,27-,28-,30+/m0/s1. The maximum Gasteiger partial charge on any atom is 0.255 e. The fourth-order valence-corrected chi connectivity index (χ4v) is 6.74. The summed E-state index contributed by atoms with van der Waals surface area (Å²) in [6.45, 7) is 1.31. The molecular weight excluding hydrogens is 598 g/mol. The van der Waals surface area contributed by atoms with Gasteiger partial charge >= 0.3 is 0 Å². The minimum Gasteiger partial charge on any atom is -0.493 e. The molecule has 5 N–H and O–H groups in total. The minimum atomic E-state index is -3.83. The number of benzene rings is 2. The number of likely N-dealkylation sites (tertiary alicyclic amines) is 1. The van der Waals surface area contributed by atoms with Crippen molar-refractivity contribution in [1.82, 2.24) is 20.5 Å². The van der Waals surface area contributed by atoms with E-state index in [9.17, 15) is 23.1 Å². The van der Waals surface area contributed by atoms with Crippen molar-refractivity contribution >= 4 is 21.8 Å². The van der Waals surface area contributed by atoms with Gasteiger partial charge in [-0.15, -0.1) is 0 Å². The van der Waals surface area contributed by atoms with E-state index in [1.165, 1.54) is 12.1 Å². The first-order valence-corrected chi connectivity index (χ1v) is 16.6. The number of pyridine rings is 1. The Labute approximate surface area is 262 Å². The number of sulfonamides is 1. The molecule has 2 fully saturated rings. The largest absolute Gasteiger partial charge is 0.493 e. The zero-order valence-corrected chi connectivity index (χ0v) is 25.5. The summed E-state index contributed by atoms with van der Waals surface area (Å²) in [4.78, 5) is 33.6. The highest BCUT2D eigenvalue weighted by Gasteiger charge is 2.39. The first-order chi connectivity index (χ1) is 21.6. The van der Waals surface area contributed by atoms with Gasteiger partial charge in [-0.3, -0.25) is 19.5 Å². The average Bonchev–Trinajstić information content (AvgIpc) is 3.42. The van der Waals surface area contributed by atoms with Gasteiger partial charge in [0.15, 0.2) is 0 Å². The van der Waals surface area contributed by atoms with Gasteiger partial charge in [-0.2, -0.15) is 0 Å². The molecule has 3 aromatic rings. The molecule has 2 aromatic carbocycles. The highest BCUT2D eigenvalue weighted by atomic mass is 32.2. The van der Waals surface area contributed by atoms with Crippen LogP contribution in [-0.4, -0.2) is 85.3 Å². The number of hydrogen-bond donors (Lipinski definition) is 4. The van der Waals surface area contributed by atoms with Crippen LogP contribution in [0.15, 0.2) is 71.8 Å². The summed E-state index contributed by atoms with van der Waals surface area (Å²) >= 11 is 0. The van der Waals surface area contributed by atoms with Gasteiger partial charge in [-0.25, -0.2) is 13.6 Å². The van der Waals surface area contributed by atoms with Crippen LogP contribution < -0.4 is 20.5 Å². The van der Waals surface area contributed by atoms with Crippen LogP contribution in [0.4, 0.5) is 0 Å². The van der Waals surface area contributed by atoms with Crippen molar-refractivity contribution in [1.29, 1.82) is 0 Å². The van der Waals surface area contributed by atoms with Crippen LogP contribution in [0.3, 0.4) is 0 Å². The zero-order valence-electron chi connectivity index (χ0n) is 24.7. The van der Waals surface area contributed by atoms with E-state index in [4.69, 9.17) is 14.6 Å². The Kier molecular flexibility index (Phi) is 9.15. The lowest BCUT2D eigenvalue weighted by molar-refractivity contribution is -0.133. The first-order valence-electron chi connectivity index (χ1n) is 15.1. The van der Waals surface area contributed by atoms with Crippen molar-refractivity contribution in [3.8, 4) is 16.9 Å². The second-order valence-corrected chi connectivity index (χ2v) is 13.3. The fraction of sp³-hybridized carbons (Fsp3) is 0.406. The van der Waals surface area contributed by atoms with Gasteiger partial charge in [0, 0.05) is 38.3 Å². The van der Waals surface area contributed by atoms with E-state index in [0.29, 0.717) is 50.1 Å². The molecule has 0 unspecified atom stereocenters. The minimum absolute atomic E-state index is 0.00317. The van der Waals surface area contributed by atoms with Crippen molar-refractivity contribution in [3.05, 3.63) is 78.1 Å². The molecule has 4 heterocycles. The van der Waals surface area contributed by atoms with Crippen molar-refractivity contribution < 1.29 is 32.6 Å². The Bertz CT molecular complexity index is 1640. The van der Waals surface area contributed by atoms with E-state index in [-0.39, 0.29) is 42.0 Å². The molecule has 0 saturated carbocycles. The number of aliphatic hydroxyl groups excluding tert-OH is 1. The highest BCUT2D eigenvalue weighted by molar-refractivity contribution is 7.89. The summed E-state index contributed by atoms with van der Waals surface area (Å²) in [5, 5.41) is 22.0. The van der Waals surface area contributed by atoms with Gasteiger partial charge < -0.3 is 25.2 Å². The topological polar surface area (TPSA) is 173 Å². The third-order valence-electron chi connectivity index (χ3n) is 8.63. The lowest BCUT2D eigenvalue weighted by atomic mass is 9.99. The number of hydrogen-bond acceptors (Lipinski definition) is 9. The molecular formula is C32H37N5O7S. The number of aromatic nitrogens is 1. The normalized spacial score (nSPS) is 26.3. The number of nitrogens with one attached hydrogen (secondary N) is 2. The number of ether oxygens (including phenoxy) is 2. The monoisotopic (exact) mass is 635 g/mol. The second-order valence-electron chi connectivity index (χ2n) is 11.8. The van der Waals surface area contributed by atoms with Crippen LogP contribution in [0.5, 0.6) is 5.75 Å². The summed E-state index contributed by atoms with van der Waals surface area (Å²) in [7, 11) is -3.83. The predicted octanol–water partition coefficient (Wildman–Crippen LogP) is 1.58. The summed E-state index contributed by atoms with van der Waals surface area (Å²) < 4.78 is 35.8. The maximum absolute atomic E-state index is 13.7. The summed E-state index contributed by atoms with van der Waals surface area (Å²) in [6.07, 6.45) is 2.39. The van der Waals surface area contributed by atoms with Crippen LogP contribution in [0.2, 0.25) is 0 Å². The van der Waals surface area contributed by atoms with Crippen molar-refractivity contribution in [2.75, 3.05) is 19.7 Å². The molecule has 3 aliphatic heterocycles. The Balaban J connectivity index is 1.29. The molecule has 0 radical (unpaired) electrons. The molecule has 4 bridgehead atoms. The van der Waals surface area contributed by atoms with E-state index in [1.807, 2.05) is 23.1 Å². The Morgan fingerprint density at radius 2 is 1.82 bits per heavy atom. The molecule has 238 valence electrons. The van der Waals surface area contributed by atoms with Gasteiger partial charge in [0.05, 0.1) is 41.0 Å². The van der Waals surface area contributed by atoms with Crippen LogP contribution >= 0.6 is 0 Å². The van der Waals surface area contributed by atoms with Crippen molar-refractivity contribution in [2.24, 2.45) is 5.14 Å². The number of aliphatic hydroxyl groups is 1. The zero-order chi connectivity index (χ0) is 31.6. The van der Waals surface area contributed by atoms with Gasteiger partial charge in [-0.1, -0.05) is 24.3 Å². The molecule has 0 spiro atoms. The van der Waals surface area contributed by atoms with Gasteiger partial charge in [0.2, 0.25) is 15.9 Å². The van der Waals surface area contributed by atoms with E-state index in [1.54, 1.807) is 36.5 Å². The molecule has 5 atom stereocenters. The summed E-state index contributed by atoms with van der Waals surface area (Å²) in [5.41, 5.74) is 2.61. The molecule has 2 saturated heterocycles. The molecule has 3 aliphatic rings. The number of primary sulfonamides is 1. The average molecular weight is 636 g/mol. The third kappa shape index (κ3) is 7.34. The van der Waals surface area contributed by atoms with Gasteiger partial charge in [0.1, 0.15) is 11.9 Å². The summed E-state index contributed by atoms with van der Waals surface area (Å²) in [6, 6.07) is 16.2. The van der Waals surface area contributed by atoms with Gasteiger partial charge in [0.25, 0.3) is 5.91 Å².